The van der Waals surface area contributed by atoms with E-state index in [0.717, 1.165) is 33.8 Å². The Kier molecular flexibility index (Phi) is 1.90. The van der Waals surface area contributed by atoms with E-state index in [1.807, 2.05) is 44.2 Å². The van der Waals surface area contributed by atoms with Gasteiger partial charge < -0.3 is 9.47 Å². The van der Waals surface area contributed by atoms with Gasteiger partial charge in [0.2, 0.25) is 0 Å². The number of rotatable bonds is 0. The molecule has 0 fully saturated rings. The van der Waals surface area contributed by atoms with E-state index in [0.29, 0.717) is 0 Å². The van der Waals surface area contributed by atoms with E-state index >= 15 is 0 Å². The fourth-order valence-electron chi connectivity index (χ4n) is 1.87. The monoisotopic (exact) mass is 212 g/mol. The van der Waals surface area contributed by atoms with Gasteiger partial charge in [-0.2, -0.15) is 0 Å². The molecule has 0 bridgehead atoms. The van der Waals surface area contributed by atoms with Gasteiger partial charge in [-0.25, -0.2) is 0 Å². The van der Waals surface area contributed by atoms with Crippen LogP contribution >= 0.6 is 0 Å². The van der Waals surface area contributed by atoms with E-state index in [4.69, 9.17) is 9.47 Å². The lowest BCUT2D eigenvalue weighted by molar-refractivity contribution is 0.299. The first-order valence-electron chi connectivity index (χ1n) is 5.30. The SMILES string of the molecule is CC1=C(C)Oc2c(ccc3ccccc23)O1. The number of fused-ring (bicyclic) bond motifs is 3. The first kappa shape index (κ1) is 9.28. The number of benzene rings is 2. The van der Waals surface area contributed by atoms with Gasteiger partial charge in [-0.15, -0.1) is 0 Å². The third-order valence-corrected chi connectivity index (χ3v) is 2.86. The Morgan fingerprint density at radius 2 is 1.56 bits per heavy atom. The van der Waals surface area contributed by atoms with Gasteiger partial charge in [0, 0.05) is 5.39 Å². The molecule has 0 N–H and O–H groups in total. The van der Waals surface area contributed by atoms with Crippen molar-refractivity contribution in [1.82, 2.24) is 0 Å². The Morgan fingerprint density at radius 3 is 2.44 bits per heavy atom. The molecule has 0 amide bonds. The number of ether oxygens (including phenoxy) is 2. The van der Waals surface area contributed by atoms with Crippen molar-refractivity contribution in [3.05, 3.63) is 47.9 Å². The van der Waals surface area contributed by atoms with Crippen LogP contribution in [0.4, 0.5) is 0 Å². The molecule has 1 aliphatic heterocycles. The first-order valence-corrected chi connectivity index (χ1v) is 5.30. The molecule has 0 saturated carbocycles. The van der Waals surface area contributed by atoms with Crippen molar-refractivity contribution in [2.75, 3.05) is 0 Å². The largest absolute Gasteiger partial charge is 0.455 e. The van der Waals surface area contributed by atoms with Crippen LogP contribution in [-0.4, -0.2) is 0 Å². The second-order valence-corrected chi connectivity index (χ2v) is 3.93. The molecule has 80 valence electrons. The first-order chi connectivity index (χ1) is 7.75. The fourth-order valence-corrected chi connectivity index (χ4v) is 1.87. The van der Waals surface area contributed by atoms with Gasteiger partial charge in [-0.05, 0) is 25.3 Å². The molecule has 0 atom stereocenters. The molecule has 2 nitrogen and oxygen atoms in total. The van der Waals surface area contributed by atoms with E-state index in [1.54, 1.807) is 0 Å². The molecular formula is C14H12O2. The molecule has 0 aliphatic carbocycles. The highest BCUT2D eigenvalue weighted by Gasteiger charge is 2.18. The van der Waals surface area contributed by atoms with Crippen molar-refractivity contribution in [3.8, 4) is 11.5 Å². The maximum atomic E-state index is 5.81. The summed E-state index contributed by atoms with van der Waals surface area (Å²) < 4.78 is 11.5. The van der Waals surface area contributed by atoms with Gasteiger partial charge in [0.1, 0.15) is 11.5 Å². The van der Waals surface area contributed by atoms with Crippen molar-refractivity contribution in [2.24, 2.45) is 0 Å². The summed E-state index contributed by atoms with van der Waals surface area (Å²) in [6.07, 6.45) is 0. The number of hydrogen-bond acceptors (Lipinski definition) is 2. The molecule has 0 spiro atoms. The Bertz CT molecular complexity index is 597. The van der Waals surface area contributed by atoms with Gasteiger partial charge in [-0.1, -0.05) is 30.3 Å². The molecule has 0 radical (unpaired) electrons. The van der Waals surface area contributed by atoms with Crippen molar-refractivity contribution in [1.29, 1.82) is 0 Å². The summed E-state index contributed by atoms with van der Waals surface area (Å²) in [5, 5.41) is 2.25. The molecule has 1 heterocycles. The van der Waals surface area contributed by atoms with E-state index in [-0.39, 0.29) is 0 Å². The minimum atomic E-state index is 0.793. The summed E-state index contributed by atoms with van der Waals surface area (Å²) in [7, 11) is 0. The lowest BCUT2D eigenvalue weighted by Gasteiger charge is -2.21. The van der Waals surface area contributed by atoms with Crippen molar-refractivity contribution >= 4 is 10.8 Å². The third-order valence-electron chi connectivity index (χ3n) is 2.86. The normalized spacial score (nSPS) is 14.4. The van der Waals surface area contributed by atoms with Crippen LogP contribution in [0.2, 0.25) is 0 Å². The Hall–Kier alpha value is -1.96. The molecule has 0 saturated heterocycles. The second kappa shape index (κ2) is 3.27. The van der Waals surface area contributed by atoms with Crippen molar-refractivity contribution in [2.45, 2.75) is 13.8 Å². The summed E-state index contributed by atoms with van der Waals surface area (Å²) in [5.41, 5.74) is 0. The predicted molar refractivity (Wildman–Crippen MR) is 63.6 cm³/mol. The van der Waals surface area contributed by atoms with Crippen molar-refractivity contribution < 1.29 is 9.47 Å². The highest BCUT2D eigenvalue weighted by molar-refractivity contribution is 5.91. The van der Waals surface area contributed by atoms with E-state index < -0.39 is 0 Å². The molecule has 0 aromatic heterocycles. The van der Waals surface area contributed by atoms with Crippen LogP contribution in [-0.2, 0) is 0 Å². The lowest BCUT2D eigenvalue weighted by Crippen LogP contribution is -2.07. The minimum Gasteiger partial charge on any atom is -0.455 e. The Morgan fingerprint density at radius 1 is 0.812 bits per heavy atom. The van der Waals surface area contributed by atoms with E-state index in [9.17, 15) is 0 Å². The van der Waals surface area contributed by atoms with Crippen LogP contribution in [0, 0.1) is 0 Å². The van der Waals surface area contributed by atoms with Crippen LogP contribution in [0.25, 0.3) is 10.8 Å². The summed E-state index contributed by atoms with van der Waals surface area (Å²) in [5.74, 6) is 3.26. The maximum Gasteiger partial charge on any atom is 0.177 e. The van der Waals surface area contributed by atoms with E-state index in [1.165, 1.54) is 0 Å². The molecule has 16 heavy (non-hydrogen) atoms. The van der Waals surface area contributed by atoms with Crippen molar-refractivity contribution in [3.63, 3.8) is 0 Å². The van der Waals surface area contributed by atoms with Crippen LogP contribution in [0.5, 0.6) is 11.5 Å². The van der Waals surface area contributed by atoms with Crippen LogP contribution in [0.3, 0.4) is 0 Å². The number of allylic oxidation sites excluding steroid dienone is 2. The molecule has 1 aliphatic rings. The zero-order valence-electron chi connectivity index (χ0n) is 9.28. The van der Waals surface area contributed by atoms with Gasteiger partial charge in [0.05, 0.1) is 0 Å². The zero-order valence-corrected chi connectivity index (χ0v) is 9.28. The quantitative estimate of drug-likeness (QED) is 0.660. The van der Waals surface area contributed by atoms with E-state index in [2.05, 4.69) is 6.07 Å². The molecule has 0 unspecified atom stereocenters. The molecular weight excluding hydrogens is 200 g/mol. The van der Waals surface area contributed by atoms with Gasteiger partial charge in [0.15, 0.2) is 11.5 Å². The summed E-state index contributed by atoms with van der Waals surface area (Å²) in [6, 6.07) is 12.1. The average molecular weight is 212 g/mol. The van der Waals surface area contributed by atoms with Crippen LogP contribution < -0.4 is 9.47 Å². The van der Waals surface area contributed by atoms with Crippen LogP contribution in [0.15, 0.2) is 47.9 Å². The maximum absolute atomic E-state index is 5.81. The number of hydrogen-bond donors (Lipinski definition) is 0. The van der Waals surface area contributed by atoms with Gasteiger partial charge in [-0.3, -0.25) is 0 Å². The smallest absolute Gasteiger partial charge is 0.177 e. The summed E-state index contributed by atoms with van der Waals surface area (Å²) in [6.45, 7) is 3.83. The zero-order chi connectivity index (χ0) is 11.1. The highest BCUT2D eigenvalue weighted by atomic mass is 16.6. The second-order valence-electron chi connectivity index (χ2n) is 3.93. The van der Waals surface area contributed by atoms with Crippen LogP contribution in [0.1, 0.15) is 13.8 Å². The highest BCUT2D eigenvalue weighted by Crippen LogP contribution is 2.40. The third kappa shape index (κ3) is 1.27. The Balaban J connectivity index is 2.28. The molecule has 2 aromatic carbocycles. The Labute approximate surface area is 94.1 Å². The molecule has 3 rings (SSSR count). The average Bonchev–Trinajstić information content (AvgIpc) is 2.31. The van der Waals surface area contributed by atoms with Gasteiger partial charge >= 0.3 is 0 Å². The minimum absolute atomic E-state index is 0.793. The summed E-state index contributed by atoms with van der Waals surface area (Å²) >= 11 is 0. The fraction of sp³-hybridized carbons (Fsp3) is 0.143. The molecule has 2 heteroatoms. The summed E-state index contributed by atoms with van der Waals surface area (Å²) in [4.78, 5) is 0. The topological polar surface area (TPSA) is 18.5 Å². The predicted octanol–water partition coefficient (Wildman–Crippen LogP) is 3.86. The lowest BCUT2D eigenvalue weighted by atomic mass is 10.1. The standard InChI is InChI=1S/C14H12O2/c1-9-10(2)16-14-12-6-4-3-5-11(12)7-8-13(14)15-9/h3-8H,1-2H3. The molecule has 2 aromatic rings. The van der Waals surface area contributed by atoms with Gasteiger partial charge in [0.25, 0.3) is 0 Å².